The Kier molecular flexibility index (Phi) is 3.63. The zero-order valence-corrected chi connectivity index (χ0v) is 13.5. The molecule has 2 fully saturated rings. The van der Waals surface area contributed by atoms with Crippen molar-refractivity contribution in [2.75, 3.05) is 31.1 Å². The lowest BCUT2D eigenvalue weighted by Crippen LogP contribution is -2.48. The zero-order chi connectivity index (χ0) is 15.8. The molecule has 1 saturated carbocycles. The van der Waals surface area contributed by atoms with Crippen molar-refractivity contribution in [1.82, 2.24) is 24.7 Å². The summed E-state index contributed by atoms with van der Waals surface area (Å²) in [7, 11) is 0. The fourth-order valence-corrected chi connectivity index (χ4v) is 3.15. The monoisotopic (exact) mass is 314 g/mol. The number of hydrogen-bond acceptors (Lipinski definition) is 5. The topological polar surface area (TPSA) is 66.6 Å². The van der Waals surface area contributed by atoms with Gasteiger partial charge in [-0.3, -0.25) is 4.79 Å². The molecule has 23 heavy (non-hydrogen) atoms. The Morgan fingerprint density at radius 2 is 2.00 bits per heavy atom. The van der Waals surface area contributed by atoms with Gasteiger partial charge in [-0.15, -0.1) is 10.2 Å². The van der Waals surface area contributed by atoms with Crippen molar-refractivity contribution < 1.29 is 4.79 Å². The van der Waals surface area contributed by atoms with Gasteiger partial charge in [-0.05, 0) is 19.3 Å². The summed E-state index contributed by atoms with van der Waals surface area (Å²) in [4.78, 5) is 16.2. The number of hydrogen-bond donors (Lipinski definition) is 0. The molecule has 7 heteroatoms. The SMILES string of the molecule is CCCC(=O)N1CCN(c2cnn3c(C4CC4)nnc3c2)CC1. The standard InChI is InChI=1S/C16H22N6O/c1-2-3-15(23)21-8-6-20(7-9-21)13-10-14-18-19-16(12-4-5-12)22(14)17-11-13/h10-12H,2-9H2,1H3. The van der Waals surface area contributed by atoms with Crippen LogP contribution in [0.5, 0.6) is 0 Å². The molecule has 0 N–H and O–H groups in total. The van der Waals surface area contributed by atoms with Crippen molar-refractivity contribution in [3.63, 3.8) is 0 Å². The summed E-state index contributed by atoms with van der Waals surface area (Å²) in [5.74, 6) is 1.80. The van der Waals surface area contributed by atoms with E-state index in [1.807, 2.05) is 22.5 Å². The smallest absolute Gasteiger partial charge is 0.222 e. The fourth-order valence-electron chi connectivity index (χ4n) is 3.15. The van der Waals surface area contributed by atoms with Crippen LogP contribution in [0.3, 0.4) is 0 Å². The molecular weight excluding hydrogens is 292 g/mol. The van der Waals surface area contributed by atoms with E-state index in [2.05, 4.69) is 26.3 Å². The molecule has 0 atom stereocenters. The van der Waals surface area contributed by atoms with Crippen molar-refractivity contribution in [2.45, 2.75) is 38.5 Å². The molecule has 4 rings (SSSR count). The summed E-state index contributed by atoms with van der Waals surface area (Å²) in [6, 6.07) is 2.05. The molecule has 0 radical (unpaired) electrons. The van der Waals surface area contributed by atoms with Gasteiger partial charge in [0.25, 0.3) is 0 Å². The van der Waals surface area contributed by atoms with E-state index in [0.29, 0.717) is 12.3 Å². The van der Waals surface area contributed by atoms with E-state index in [4.69, 9.17) is 0 Å². The van der Waals surface area contributed by atoms with Gasteiger partial charge in [-0.1, -0.05) is 6.92 Å². The van der Waals surface area contributed by atoms with E-state index in [1.54, 1.807) is 0 Å². The molecule has 1 amide bonds. The van der Waals surface area contributed by atoms with Crippen LogP contribution in [0.2, 0.25) is 0 Å². The zero-order valence-electron chi connectivity index (χ0n) is 13.5. The van der Waals surface area contributed by atoms with Gasteiger partial charge in [-0.2, -0.15) is 9.61 Å². The Morgan fingerprint density at radius 3 is 2.70 bits per heavy atom. The minimum absolute atomic E-state index is 0.271. The maximum absolute atomic E-state index is 12.0. The van der Waals surface area contributed by atoms with Crippen LogP contribution in [0.25, 0.3) is 5.65 Å². The quantitative estimate of drug-likeness (QED) is 0.854. The summed E-state index contributed by atoms with van der Waals surface area (Å²) in [5, 5.41) is 13.1. The van der Waals surface area contributed by atoms with Crippen molar-refractivity contribution in [3.05, 3.63) is 18.1 Å². The van der Waals surface area contributed by atoms with Crippen molar-refractivity contribution in [3.8, 4) is 0 Å². The Bertz CT molecular complexity index is 714. The Labute approximate surface area is 135 Å². The third kappa shape index (κ3) is 2.75. The second kappa shape index (κ2) is 5.79. The molecule has 0 unspecified atom stereocenters. The molecule has 2 aromatic heterocycles. The fraction of sp³-hybridized carbons (Fsp3) is 0.625. The van der Waals surface area contributed by atoms with Crippen molar-refractivity contribution in [1.29, 1.82) is 0 Å². The average Bonchev–Trinajstić information content (AvgIpc) is 3.34. The van der Waals surface area contributed by atoms with Crippen LogP contribution in [0.15, 0.2) is 12.3 Å². The van der Waals surface area contributed by atoms with Crippen LogP contribution < -0.4 is 4.90 Å². The summed E-state index contributed by atoms with van der Waals surface area (Å²) in [5.41, 5.74) is 1.88. The summed E-state index contributed by atoms with van der Waals surface area (Å²) in [6.45, 7) is 5.30. The minimum Gasteiger partial charge on any atom is -0.367 e. The third-order valence-electron chi connectivity index (χ3n) is 4.68. The molecule has 3 heterocycles. The molecule has 1 saturated heterocycles. The van der Waals surface area contributed by atoms with Crippen LogP contribution in [-0.4, -0.2) is 56.8 Å². The number of aromatic nitrogens is 4. The van der Waals surface area contributed by atoms with Gasteiger partial charge in [0.1, 0.15) is 0 Å². The third-order valence-corrected chi connectivity index (χ3v) is 4.68. The lowest BCUT2D eigenvalue weighted by atomic mass is 10.2. The minimum atomic E-state index is 0.271. The Balaban J connectivity index is 1.46. The predicted octanol–water partition coefficient (Wildman–Crippen LogP) is 1.45. The number of nitrogens with zero attached hydrogens (tertiary/aromatic N) is 6. The highest BCUT2D eigenvalue weighted by Crippen LogP contribution is 2.38. The largest absolute Gasteiger partial charge is 0.367 e. The van der Waals surface area contributed by atoms with E-state index in [0.717, 1.165) is 49.8 Å². The highest BCUT2D eigenvalue weighted by atomic mass is 16.2. The first-order valence-electron chi connectivity index (χ1n) is 8.50. The lowest BCUT2D eigenvalue weighted by molar-refractivity contribution is -0.131. The molecule has 1 aliphatic heterocycles. The van der Waals surface area contributed by atoms with Gasteiger partial charge < -0.3 is 9.80 Å². The van der Waals surface area contributed by atoms with E-state index in [9.17, 15) is 4.79 Å². The summed E-state index contributed by atoms with van der Waals surface area (Å²) < 4.78 is 1.86. The molecule has 2 aromatic rings. The molecular formula is C16H22N6O. The molecule has 7 nitrogen and oxygen atoms in total. The van der Waals surface area contributed by atoms with Gasteiger partial charge in [0.15, 0.2) is 11.5 Å². The predicted molar refractivity (Wildman–Crippen MR) is 86.5 cm³/mol. The highest BCUT2D eigenvalue weighted by molar-refractivity contribution is 5.76. The van der Waals surface area contributed by atoms with Crippen molar-refractivity contribution in [2.24, 2.45) is 0 Å². The molecule has 0 spiro atoms. The average molecular weight is 314 g/mol. The first-order valence-corrected chi connectivity index (χ1v) is 8.50. The molecule has 122 valence electrons. The summed E-state index contributed by atoms with van der Waals surface area (Å²) in [6.07, 6.45) is 5.84. The Hall–Kier alpha value is -2.18. The van der Waals surface area contributed by atoms with Crippen molar-refractivity contribution >= 4 is 17.2 Å². The van der Waals surface area contributed by atoms with Crippen LogP contribution in [0.4, 0.5) is 5.69 Å². The number of rotatable bonds is 4. The molecule has 0 aromatic carbocycles. The van der Waals surface area contributed by atoms with E-state index < -0.39 is 0 Å². The lowest BCUT2D eigenvalue weighted by Gasteiger charge is -2.35. The molecule has 2 aliphatic rings. The number of carbonyl (C=O) groups excluding carboxylic acids is 1. The maximum Gasteiger partial charge on any atom is 0.222 e. The first kappa shape index (κ1) is 14.4. The van der Waals surface area contributed by atoms with Crippen LogP contribution in [-0.2, 0) is 4.79 Å². The van der Waals surface area contributed by atoms with Gasteiger partial charge in [0.05, 0.1) is 11.9 Å². The highest BCUT2D eigenvalue weighted by Gasteiger charge is 2.29. The van der Waals surface area contributed by atoms with Crippen LogP contribution >= 0.6 is 0 Å². The van der Waals surface area contributed by atoms with E-state index in [-0.39, 0.29) is 5.91 Å². The van der Waals surface area contributed by atoms with Gasteiger partial charge in [0, 0.05) is 44.6 Å². The van der Waals surface area contributed by atoms with E-state index in [1.165, 1.54) is 12.8 Å². The van der Waals surface area contributed by atoms with Crippen LogP contribution in [0, 0.1) is 0 Å². The molecule has 1 aliphatic carbocycles. The van der Waals surface area contributed by atoms with E-state index >= 15 is 0 Å². The number of fused-ring (bicyclic) bond motifs is 1. The van der Waals surface area contributed by atoms with Gasteiger partial charge in [-0.25, -0.2) is 0 Å². The van der Waals surface area contributed by atoms with Gasteiger partial charge in [0.2, 0.25) is 5.91 Å². The van der Waals surface area contributed by atoms with Crippen LogP contribution in [0.1, 0.15) is 44.3 Å². The Morgan fingerprint density at radius 1 is 1.22 bits per heavy atom. The first-order chi connectivity index (χ1) is 11.3. The number of anilines is 1. The van der Waals surface area contributed by atoms with Gasteiger partial charge >= 0.3 is 0 Å². The normalized spacial score (nSPS) is 18.7. The number of carbonyl (C=O) groups is 1. The second-order valence-corrected chi connectivity index (χ2v) is 6.43. The number of amides is 1. The second-order valence-electron chi connectivity index (χ2n) is 6.43. The maximum atomic E-state index is 12.0. The summed E-state index contributed by atoms with van der Waals surface area (Å²) >= 11 is 0. The molecule has 0 bridgehead atoms. The number of piperazine rings is 1.